The number of aryl methyl sites for hydroxylation is 1. The van der Waals surface area contributed by atoms with E-state index in [4.69, 9.17) is 0 Å². The van der Waals surface area contributed by atoms with Crippen LogP contribution in [0.15, 0.2) is 68.4 Å². The van der Waals surface area contributed by atoms with E-state index in [2.05, 4.69) is 51.9 Å². The molecule has 11 heteroatoms. The molecule has 1 amide bonds. The molecule has 1 heterocycles. The Kier molecular flexibility index (Phi) is 8.96. The largest absolute Gasteiger partial charge is 0.276 e. The summed E-state index contributed by atoms with van der Waals surface area (Å²) in [5.41, 5.74) is 5.32. The molecule has 0 bridgehead atoms. The van der Waals surface area contributed by atoms with E-state index in [0.717, 1.165) is 10.1 Å². The van der Waals surface area contributed by atoms with Crippen LogP contribution in [0.1, 0.15) is 16.7 Å². The van der Waals surface area contributed by atoms with Gasteiger partial charge in [-0.2, -0.15) is 5.10 Å². The van der Waals surface area contributed by atoms with Crippen LogP contribution in [0.4, 0.5) is 5.69 Å². The number of allylic oxidation sites excluding steroid dienone is 1. The highest BCUT2D eigenvalue weighted by molar-refractivity contribution is 8.03. The second-order valence-electron chi connectivity index (χ2n) is 6.39. The Labute approximate surface area is 197 Å². The van der Waals surface area contributed by atoms with Crippen molar-refractivity contribution in [2.24, 2.45) is 5.10 Å². The lowest BCUT2D eigenvalue weighted by Gasteiger charge is -1.99. The van der Waals surface area contributed by atoms with Crippen molar-refractivity contribution >= 4 is 58.7 Å². The molecule has 8 nitrogen and oxygen atoms in total. The number of rotatable bonds is 10. The van der Waals surface area contributed by atoms with Crippen molar-refractivity contribution in [1.29, 1.82) is 0 Å². The Morgan fingerprint density at radius 3 is 2.62 bits per heavy atom. The molecule has 0 radical (unpaired) electrons. The normalized spacial score (nSPS) is 11.3. The van der Waals surface area contributed by atoms with Gasteiger partial charge in [-0.15, -0.1) is 10.2 Å². The maximum Gasteiger partial charge on any atom is 0.276 e. The molecule has 0 aliphatic rings. The Morgan fingerprint density at radius 1 is 1.16 bits per heavy atom. The zero-order chi connectivity index (χ0) is 22.8. The number of amides is 1. The van der Waals surface area contributed by atoms with Crippen LogP contribution in [0.2, 0.25) is 0 Å². The van der Waals surface area contributed by atoms with E-state index in [1.807, 2.05) is 0 Å². The third-order valence-corrected chi connectivity index (χ3v) is 7.22. The average molecular weight is 486 g/mol. The molecule has 2 aromatic carbocycles. The van der Waals surface area contributed by atoms with E-state index in [1.165, 1.54) is 52.6 Å². The predicted molar refractivity (Wildman–Crippen MR) is 130 cm³/mol. The van der Waals surface area contributed by atoms with Crippen LogP contribution in [0.5, 0.6) is 0 Å². The fourth-order valence-corrected chi connectivity index (χ4v) is 5.16. The fourth-order valence-electron chi connectivity index (χ4n) is 2.40. The number of nitro benzene ring substituents is 1. The number of aromatic nitrogens is 2. The van der Waals surface area contributed by atoms with Crippen molar-refractivity contribution in [1.82, 2.24) is 15.6 Å². The highest BCUT2D eigenvalue weighted by Crippen LogP contribution is 2.30. The number of hydrogen-bond donors (Lipinski definition) is 1. The smallest absolute Gasteiger partial charge is 0.272 e. The summed E-state index contributed by atoms with van der Waals surface area (Å²) in [5.74, 6) is 0.686. The molecule has 0 atom stereocenters. The number of nitrogens with one attached hydrogen (secondary N) is 1. The van der Waals surface area contributed by atoms with Gasteiger partial charge in [0.1, 0.15) is 0 Å². The maximum atomic E-state index is 11.9. The second kappa shape index (κ2) is 12.1. The minimum Gasteiger partial charge on any atom is -0.272 e. The molecule has 0 saturated heterocycles. The van der Waals surface area contributed by atoms with E-state index in [0.29, 0.717) is 9.90 Å². The number of nitrogens with zero attached hydrogens (tertiary/aromatic N) is 4. The molecule has 0 saturated carbocycles. The van der Waals surface area contributed by atoms with Crippen molar-refractivity contribution in [3.05, 3.63) is 81.4 Å². The van der Waals surface area contributed by atoms with Crippen LogP contribution in [0, 0.1) is 17.0 Å². The van der Waals surface area contributed by atoms with E-state index >= 15 is 0 Å². The zero-order valence-corrected chi connectivity index (χ0v) is 19.5. The summed E-state index contributed by atoms with van der Waals surface area (Å²) in [5, 5.41) is 23.0. The number of hydrazone groups is 1. The summed E-state index contributed by atoms with van der Waals surface area (Å²) in [7, 11) is 0. The molecule has 1 N–H and O–H groups in total. The number of hydrogen-bond acceptors (Lipinski definition) is 9. The molecular formula is C21H19N5O3S3. The highest BCUT2D eigenvalue weighted by atomic mass is 32.2. The first-order chi connectivity index (χ1) is 15.5. The Balaban J connectivity index is 1.39. The monoisotopic (exact) mass is 485 g/mol. The lowest BCUT2D eigenvalue weighted by atomic mass is 10.2. The van der Waals surface area contributed by atoms with Crippen LogP contribution < -0.4 is 5.43 Å². The van der Waals surface area contributed by atoms with Crippen molar-refractivity contribution in [2.75, 3.05) is 5.75 Å². The van der Waals surface area contributed by atoms with Crippen LogP contribution in [0.25, 0.3) is 6.08 Å². The SMILES string of the molecule is Cc1ccc(CSc2nnc(SCC(=O)N/N=C\C=C/c3ccccc3[N+](=O)[O-])s2)cc1. The fraction of sp³-hybridized carbons (Fsp3) is 0.143. The number of para-hydroxylation sites is 1. The van der Waals surface area contributed by atoms with Crippen LogP contribution in [-0.2, 0) is 10.5 Å². The van der Waals surface area contributed by atoms with Gasteiger partial charge in [-0.1, -0.05) is 76.8 Å². The molecule has 0 aliphatic heterocycles. The van der Waals surface area contributed by atoms with E-state index in [-0.39, 0.29) is 17.3 Å². The molecule has 0 spiro atoms. The minimum absolute atomic E-state index is 0.00559. The van der Waals surface area contributed by atoms with E-state index < -0.39 is 4.92 Å². The standard InChI is InChI=1S/C21H19N5O3S3/c1-15-8-10-16(11-9-15)13-30-20-24-25-21(32-20)31-14-19(27)23-22-12-4-6-17-5-2-3-7-18(17)26(28)29/h2-12H,13-14H2,1H3,(H,23,27)/b6-4-,22-12-. The average Bonchev–Trinajstić information content (AvgIpc) is 3.25. The molecular weight excluding hydrogens is 466 g/mol. The maximum absolute atomic E-state index is 11.9. The molecule has 0 fully saturated rings. The quantitative estimate of drug-likeness (QED) is 0.187. The molecule has 32 heavy (non-hydrogen) atoms. The zero-order valence-electron chi connectivity index (χ0n) is 17.0. The molecule has 0 aliphatic carbocycles. The van der Waals surface area contributed by atoms with Crippen molar-refractivity contribution in [2.45, 2.75) is 21.4 Å². The third-order valence-electron chi connectivity index (χ3n) is 3.96. The van der Waals surface area contributed by atoms with Crippen LogP contribution in [-0.4, -0.2) is 33.0 Å². The molecule has 3 rings (SSSR count). The van der Waals surface area contributed by atoms with Crippen molar-refractivity contribution < 1.29 is 9.72 Å². The summed E-state index contributed by atoms with van der Waals surface area (Å²) in [6.45, 7) is 2.06. The van der Waals surface area contributed by atoms with Gasteiger partial charge in [0.05, 0.1) is 16.2 Å². The van der Waals surface area contributed by atoms with Crippen molar-refractivity contribution in [3.8, 4) is 0 Å². The topological polar surface area (TPSA) is 110 Å². The van der Waals surface area contributed by atoms with Crippen LogP contribution >= 0.6 is 34.9 Å². The van der Waals surface area contributed by atoms with Gasteiger partial charge in [0.2, 0.25) is 0 Å². The number of carbonyl (C=O) groups is 1. The lowest BCUT2D eigenvalue weighted by molar-refractivity contribution is -0.385. The van der Waals surface area contributed by atoms with Gasteiger partial charge in [0.25, 0.3) is 11.6 Å². The van der Waals surface area contributed by atoms with E-state index in [1.54, 1.807) is 36.0 Å². The number of benzene rings is 2. The summed E-state index contributed by atoms with van der Waals surface area (Å²) in [6.07, 6.45) is 4.45. The molecule has 0 unspecified atom stereocenters. The first-order valence-electron chi connectivity index (χ1n) is 9.38. The predicted octanol–water partition coefficient (Wildman–Crippen LogP) is 4.95. The summed E-state index contributed by atoms with van der Waals surface area (Å²) < 4.78 is 1.57. The Morgan fingerprint density at radius 2 is 1.88 bits per heavy atom. The minimum atomic E-state index is -0.449. The lowest BCUT2D eigenvalue weighted by Crippen LogP contribution is -2.19. The van der Waals surface area contributed by atoms with E-state index in [9.17, 15) is 14.9 Å². The number of nitro groups is 1. The van der Waals surface area contributed by atoms with Gasteiger partial charge in [-0.05, 0) is 30.7 Å². The summed E-state index contributed by atoms with van der Waals surface area (Å²) >= 11 is 4.35. The summed E-state index contributed by atoms with van der Waals surface area (Å²) in [4.78, 5) is 22.5. The molecule has 164 valence electrons. The molecule has 1 aromatic heterocycles. The molecule has 3 aromatic rings. The van der Waals surface area contributed by atoms with Gasteiger partial charge in [0, 0.05) is 18.0 Å². The second-order valence-corrected chi connectivity index (χ2v) is 9.81. The van der Waals surface area contributed by atoms with Gasteiger partial charge >= 0.3 is 0 Å². The van der Waals surface area contributed by atoms with Gasteiger partial charge in [-0.25, -0.2) is 5.43 Å². The number of thioether (sulfide) groups is 2. The Bertz CT molecular complexity index is 1130. The summed E-state index contributed by atoms with van der Waals surface area (Å²) in [6, 6.07) is 14.7. The van der Waals surface area contributed by atoms with Gasteiger partial charge < -0.3 is 0 Å². The van der Waals surface area contributed by atoms with Crippen molar-refractivity contribution in [3.63, 3.8) is 0 Å². The Hall–Kier alpha value is -3.02. The van der Waals surface area contributed by atoms with Gasteiger partial charge in [-0.3, -0.25) is 14.9 Å². The van der Waals surface area contributed by atoms with Crippen LogP contribution in [0.3, 0.4) is 0 Å². The first-order valence-corrected chi connectivity index (χ1v) is 12.2. The third kappa shape index (κ3) is 7.59. The number of carbonyl (C=O) groups excluding carboxylic acids is 1. The highest BCUT2D eigenvalue weighted by Gasteiger charge is 2.09. The first kappa shape index (κ1) is 23.6. The van der Waals surface area contributed by atoms with Gasteiger partial charge in [0.15, 0.2) is 8.68 Å².